The Hall–Kier alpha value is -1.70. The predicted molar refractivity (Wildman–Crippen MR) is 83.9 cm³/mol. The summed E-state index contributed by atoms with van der Waals surface area (Å²) in [4.78, 5) is 25.4. The quantitative estimate of drug-likeness (QED) is 0.793. The summed E-state index contributed by atoms with van der Waals surface area (Å²) in [5.41, 5.74) is 3.96. The third-order valence-electron chi connectivity index (χ3n) is 5.19. The van der Waals surface area contributed by atoms with E-state index in [4.69, 9.17) is 0 Å². The topological polar surface area (TPSA) is 34.1 Å². The Morgan fingerprint density at radius 3 is 2.10 bits per heavy atom. The molecule has 2 nitrogen and oxygen atoms in total. The summed E-state index contributed by atoms with van der Waals surface area (Å²) in [7, 11) is 0. The first kappa shape index (κ1) is 14.2. The smallest absolute Gasteiger partial charge is 0.190 e. The largest absolute Gasteiger partial charge is 0.289 e. The van der Waals surface area contributed by atoms with E-state index in [2.05, 4.69) is 20.8 Å². The molecular formula is C19H22O2. The van der Waals surface area contributed by atoms with Crippen LogP contribution in [0.3, 0.4) is 0 Å². The summed E-state index contributed by atoms with van der Waals surface area (Å²) in [6, 6.07) is 5.83. The number of fused-ring (bicyclic) bond motifs is 1. The van der Waals surface area contributed by atoms with Crippen LogP contribution in [0.5, 0.6) is 0 Å². The molecular weight excluding hydrogens is 260 g/mol. The van der Waals surface area contributed by atoms with Gasteiger partial charge < -0.3 is 0 Å². The van der Waals surface area contributed by atoms with Gasteiger partial charge in [0.05, 0.1) is 0 Å². The number of Topliss-reactive ketones (excluding diaryl/α,β-unsaturated/α-hetero) is 2. The summed E-state index contributed by atoms with van der Waals surface area (Å²) in [5, 5.41) is 0. The molecule has 0 fully saturated rings. The molecule has 2 heteroatoms. The van der Waals surface area contributed by atoms with E-state index >= 15 is 0 Å². The zero-order chi connectivity index (χ0) is 15.2. The Balaban J connectivity index is 2.13. The van der Waals surface area contributed by atoms with Gasteiger partial charge in [0, 0.05) is 22.3 Å². The highest BCUT2D eigenvalue weighted by Crippen LogP contribution is 2.37. The second-order valence-corrected chi connectivity index (χ2v) is 6.82. The van der Waals surface area contributed by atoms with Crippen LogP contribution in [0, 0.1) is 0 Å². The molecule has 0 heterocycles. The van der Waals surface area contributed by atoms with Crippen LogP contribution in [0.2, 0.25) is 0 Å². The zero-order valence-electron chi connectivity index (χ0n) is 13.1. The lowest BCUT2D eigenvalue weighted by Gasteiger charge is -2.28. The predicted octanol–water partition coefficient (Wildman–Crippen LogP) is 4.62. The average molecular weight is 282 g/mol. The molecule has 0 spiro atoms. The second-order valence-electron chi connectivity index (χ2n) is 6.82. The molecule has 0 atom stereocenters. The van der Waals surface area contributed by atoms with Crippen LogP contribution in [0.15, 0.2) is 29.3 Å². The van der Waals surface area contributed by atoms with Crippen molar-refractivity contribution in [3.63, 3.8) is 0 Å². The minimum absolute atomic E-state index is 0.0274. The highest BCUT2D eigenvalue weighted by Gasteiger charge is 2.34. The van der Waals surface area contributed by atoms with Crippen molar-refractivity contribution >= 4 is 11.6 Å². The van der Waals surface area contributed by atoms with Gasteiger partial charge in [0.2, 0.25) is 0 Å². The minimum atomic E-state index is 0.0274. The van der Waals surface area contributed by atoms with Gasteiger partial charge in [-0.25, -0.2) is 0 Å². The molecule has 0 aromatic heterocycles. The van der Waals surface area contributed by atoms with Gasteiger partial charge in [-0.15, -0.1) is 0 Å². The minimum Gasteiger partial charge on any atom is -0.289 e. The fraction of sp³-hybridized carbons (Fsp3) is 0.474. The molecule has 0 saturated heterocycles. The van der Waals surface area contributed by atoms with Crippen molar-refractivity contribution in [2.45, 2.75) is 58.3 Å². The van der Waals surface area contributed by atoms with Crippen molar-refractivity contribution in [2.75, 3.05) is 0 Å². The van der Waals surface area contributed by atoms with Gasteiger partial charge in [0.25, 0.3) is 0 Å². The van der Waals surface area contributed by atoms with E-state index in [1.165, 1.54) is 0 Å². The van der Waals surface area contributed by atoms with Crippen LogP contribution in [0.25, 0.3) is 0 Å². The molecule has 1 aromatic rings. The van der Waals surface area contributed by atoms with E-state index in [0.29, 0.717) is 11.1 Å². The lowest BCUT2D eigenvalue weighted by atomic mass is 9.74. The number of allylic oxidation sites excluding steroid dienone is 2. The highest BCUT2D eigenvalue weighted by atomic mass is 16.1. The molecule has 0 bridgehead atoms. The normalized spacial score (nSPS) is 18.6. The Kier molecular flexibility index (Phi) is 3.35. The Morgan fingerprint density at radius 2 is 1.52 bits per heavy atom. The molecule has 0 amide bonds. The highest BCUT2D eigenvalue weighted by molar-refractivity contribution is 6.27. The van der Waals surface area contributed by atoms with Gasteiger partial charge in [-0.1, -0.05) is 32.9 Å². The Morgan fingerprint density at radius 1 is 0.952 bits per heavy atom. The van der Waals surface area contributed by atoms with Crippen molar-refractivity contribution in [1.82, 2.24) is 0 Å². The van der Waals surface area contributed by atoms with Gasteiger partial charge in [-0.2, -0.15) is 0 Å². The molecule has 110 valence electrons. The Labute approximate surface area is 126 Å². The molecule has 2 aliphatic carbocycles. The van der Waals surface area contributed by atoms with Crippen LogP contribution in [0.4, 0.5) is 0 Å². The average Bonchev–Trinajstić information content (AvgIpc) is 2.52. The number of carbonyl (C=O) groups excluding carboxylic acids is 2. The van der Waals surface area contributed by atoms with E-state index in [0.717, 1.165) is 48.8 Å². The summed E-state index contributed by atoms with van der Waals surface area (Å²) in [6.45, 7) is 6.50. The van der Waals surface area contributed by atoms with Crippen LogP contribution in [-0.2, 0) is 5.41 Å². The van der Waals surface area contributed by atoms with E-state index in [9.17, 15) is 9.59 Å². The van der Waals surface area contributed by atoms with Gasteiger partial charge in [-0.3, -0.25) is 9.59 Å². The number of benzene rings is 1. The lowest BCUT2D eigenvalue weighted by molar-refractivity contribution is 0.0964. The van der Waals surface area contributed by atoms with Crippen molar-refractivity contribution in [2.24, 2.45) is 0 Å². The standard InChI is InChI=1S/C19H22O2/c1-4-19(2,3)12-9-10-15-16(11-12)18(21)14-8-6-5-7-13(14)17(15)20/h9-11H,4-8H2,1-3H3. The number of rotatable bonds is 2. The third kappa shape index (κ3) is 2.17. The van der Waals surface area contributed by atoms with Crippen LogP contribution in [-0.4, -0.2) is 11.6 Å². The Bertz CT molecular complexity index is 662. The monoisotopic (exact) mass is 282 g/mol. The van der Waals surface area contributed by atoms with Crippen LogP contribution < -0.4 is 0 Å². The van der Waals surface area contributed by atoms with E-state index in [-0.39, 0.29) is 17.0 Å². The van der Waals surface area contributed by atoms with Crippen LogP contribution >= 0.6 is 0 Å². The lowest BCUT2D eigenvalue weighted by Crippen LogP contribution is -2.25. The fourth-order valence-corrected chi connectivity index (χ4v) is 3.29. The van der Waals surface area contributed by atoms with E-state index in [1.54, 1.807) is 0 Å². The molecule has 2 aliphatic rings. The SMILES string of the molecule is CCC(C)(C)c1ccc2c(c1)C(=O)C1=C(CCCC1)C2=O. The molecule has 3 rings (SSSR count). The van der Waals surface area contributed by atoms with Crippen molar-refractivity contribution in [3.8, 4) is 0 Å². The summed E-state index contributed by atoms with van der Waals surface area (Å²) in [6.07, 6.45) is 4.58. The fourth-order valence-electron chi connectivity index (χ4n) is 3.29. The van der Waals surface area contributed by atoms with Crippen molar-refractivity contribution < 1.29 is 9.59 Å². The second kappa shape index (κ2) is 4.94. The van der Waals surface area contributed by atoms with Crippen LogP contribution in [0.1, 0.15) is 79.2 Å². The van der Waals surface area contributed by atoms with Gasteiger partial charge in [0.1, 0.15) is 0 Å². The first-order valence-corrected chi connectivity index (χ1v) is 7.91. The van der Waals surface area contributed by atoms with Crippen molar-refractivity contribution in [3.05, 3.63) is 46.0 Å². The molecule has 0 unspecified atom stereocenters. The molecule has 0 aliphatic heterocycles. The summed E-state index contributed by atoms with van der Waals surface area (Å²) >= 11 is 0. The number of carbonyl (C=O) groups is 2. The van der Waals surface area contributed by atoms with Gasteiger partial charge in [-0.05, 0) is 49.1 Å². The maximum Gasteiger partial charge on any atom is 0.190 e. The molecule has 0 saturated carbocycles. The number of hydrogen-bond donors (Lipinski definition) is 0. The van der Waals surface area contributed by atoms with Crippen molar-refractivity contribution in [1.29, 1.82) is 0 Å². The van der Waals surface area contributed by atoms with Gasteiger partial charge in [0.15, 0.2) is 11.6 Å². The van der Waals surface area contributed by atoms with E-state index in [1.807, 2.05) is 18.2 Å². The summed E-state index contributed by atoms with van der Waals surface area (Å²) < 4.78 is 0. The number of ketones is 2. The number of hydrogen-bond acceptors (Lipinski definition) is 2. The molecule has 21 heavy (non-hydrogen) atoms. The maximum absolute atomic E-state index is 12.8. The first-order chi connectivity index (χ1) is 9.95. The molecule has 0 radical (unpaired) electrons. The van der Waals surface area contributed by atoms with Gasteiger partial charge >= 0.3 is 0 Å². The maximum atomic E-state index is 12.8. The van der Waals surface area contributed by atoms with E-state index < -0.39 is 0 Å². The zero-order valence-corrected chi connectivity index (χ0v) is 13.1. The third-order valence-corrected chi connectivity index (χ3v) is 5.19. The first-order valence-electron chi connectivity index (χ1n) is 7.91. The summed E-state index contributed by atoms with van der Waals surface area (Å²) in [5.74, 6) is 0.174. The molecule has 1 aromatic carbocycles. The molecule has 0 N–H and O–H groups in total.